The van der Waals surface area contributed by atoms with Gasteiger partial charge < -0.3 is 14.6 Å². The Morgan fingerprint density at radius 2 is 2.05 bits per heavy atom. The van der Waals surface area contributed by atoms with Crippen molar-refractivity contribution in [3.05, 3.63) is 30.0 Å². The Morgan fingerprint density at radius 3 is 2.73 bits per heavy atom. The van der Waals surface area contributed by atoms with Crippen LogP contribution in [0.4, 0.5) is 0 Å². The van der Waals surface area contributed by atoms with Gasteiger partial charge in [-0.2, -0.15) is 0 Å². The first-order chi connectivity index (χ1) is 10.6. The number of hydrogen-bond donors (Lipinski definition) is 2. The molecule has 4 nitrogen and oxygen atoms in total. The summed E-state index contributed by atoms with van der Waals surface area (Å²) in [6, 6.07) is 5.81. The molecule has 1 unspecified atom stereocenters. The van der Waals surface area contributed by atoms with Crippen molar-refractivity contribution >= 4 is 16.7 Å². The Labute approximate surface area is 131 Å². The van der Waals surface area contributed by atoms with Crippen LogP contribution in [0.5, 0.6) is 5.75 Å². The molecule has 0 radical (unpaired) electrons. The first kappa shape index (κ1) is 15.1. The van der Waals surface area contributed by atoms with E-state index in [-0.39, 0.29) is 5.78 Å². The number of carbonyl (C=O) groups excluding carboxylic acids is 1. The van der Waals surface area contributed by atoms with E-state index >= 15 is 0 Å². The lowest BCUT2D eigenvalue weighted by Gasteiger charge is -2.31. The van der Waals surface area contributed by atoms with Crippen molar-refractivity contribution in [3.8, 4) is 5.75 Å². The van der Waals surface area contributed by atoms with Gasteiger partial charge in [-0.05, 0) is 24.6 Å². The van der Waals surface area contributed by atoms with E-state index in [1.165, 1.54) is 11.3 Å². The minimum absolute atomic E-state index is 0.218. The molecule has 2 N–H and O–H groups in total. The molecule has 118 valence electrons. The number of carbonyl (C=O) groups is 1. The van der Waals surface area contributed by atoms with Gasteiger partial charge in [0.2, 0.25) is 5.78 Å². The van der Waals surface area contributed by atoms with Crippen LogP contribution >= 0.6 is 0 Å². The minimum Gasteiger partial charge on any atom is -0.497 e. The van der Waals surface area contributed by atoms with Crippen molar-refractivity contribution in [1.82, 2.24) is 4.98 Å². The number of benzene rings is 1. The van der Waals surface area contributed by atoms with E-state index < -0.39 is 0 Å². The zero-order valence-corrected chi connectivity index (χ0v) is 13.6. The van der Waals surface area contributed by atoms with Crippen LogP contribution in [-0.4, -0.2) is 37.5 Å². The number of quaternary nitrogens is 1. The highest BCUT2D eigenvalue weighted by molar-refractivity contribution is 6.08. The first-order valence-electron chi connectivity index (χ1n) is 8.08. The smallest absolute Gasteiger partial charge is 0.219 e. The Morgan fingerprint density at radius 1 is 1.32 bits per heavy atom. The maximum atomic E-state index is 12.7. The van der Waals surface area contributed by atoms with Crippen LogP contribution < -0.4 is 9.64 Å². The van der Waals surface area contributed by atoms with E-state index in [1.807, 2.05) is 24.4 Å². The number of fused-ring (bicyclic) bond motifs is 1. The fourth-order valence-corrected chi connectivity index (χ4v) is 3.85. The Kier molecular flexibility index (Phi) is 4.21. The van der Waals surface area contributed by atoms with Crippen molar-refractivity contribution in [1.29, 1.82) is 0 Å². The van der Waals surface area contributed by atoms with Crippen LogP contribution in [0, 0.1) is 11.8 Å². The third-order valence-electron chi connectivity index (χ3n) is 4.68. The molecule has 1 aromatic heterocycles. The molecule has 0 amide bonds. The van der Waals surface area contributed by atoms with Gasteiger partial charge in [0.15, 0.2) is 0 Å². The molecule has 2 heterocycles. The number of rotatable bonds is 4. The fourth-order valence-electron chi connectivity index (χ4n) is 3.85. The molecule has 1 fully saturated rings. The van der Waals surface area contributed by atoms with Crippen LogP contribution in [-0.2, 0) is 0 Å². The number of Topliss-reactive ketones (excluding diaryl/α,β-unsaturated/α-hetero) is 1. The van der Waals surface area contributed by atoms with E-state index in [0.29, 0.717) is 18.4 Å². The highest BCUT2D eigenvalue weighted by atomic mass is 16.5. The van der Waals surface area contributed by atoms with Gasteiger partial charge in [-0.15, -0.1) is 0 Å². The summed E-state index contributed by atoms with van der Waals surface area (Å²) < 4.78 is 5.27. The third-order valence-corrected chi connectivity index (χ3v) is 4.68. The molecule has 1 aromatic carbocycles. The molecule has 0 spiro atoms. The molecule has 3 rings (SSSR count). The summed E-state index contributed by atoms with van der Waals surface area (Å²) in [4.78, 5) is 17.3. The summed E-state index contributed by atoms with van der Waals surface area (Å²) in [6.45, 7) is 7.36. The number of methoxy groups -OCH3 is 1. The summed E-state index contributed by atoms with van der Waals surface area (Å²) >= 11 is 0. The Balaban J connectivity index is 1.80. The van der Waals surface area contributed by atoms with Gasteiger partial charge in [0.1, 0.15) is 12.3 Å². The molecule has 4 heteroatoms. The van der Waals surface area contributed by atoms with E-state index in [1.54, 1.807) is 7.11 Å². The summed E-state index contributed by atoms with van der Waals surface area (Å²) in [5.41, 5.74) is 1.77. The molecule has 22 heavy (non-hydrogen) atoms. The fraction of sp³-hybridized carbons (Fsp3) is 0.500. The summed E-state index contributed by atoms with van der Waals surface area (Å²) in [7, 11) is 1.65. The van der Waals surface area contributed by atoms with Gasteiger partial charge in [0.05, 0.1) is 20.2 Å². The van der Waals surface area contributed by atoms with Crippen molar-refractivity contribution < 1.29 is 14.4 Å². The molecule has 0 saturated carbocycles. The lowest BCUT2D eigenvalue weighted by atomic mass is 9.91. The summed E-state index contributed by atoms with van der Waals surface area (Å²) in [5.74, 6) is 2.41. The number of nitrogens with one attached hydrogen (secondary N) is 2. The zero-order chi connectivity index (χ0) is 15.7. The number of H-pyrrole nitrogens is 1. The predicted octanol–water partition coefficient (Wildman–Crippen LogP) is 1.92. The zero-order valence-electron chi connectivity index (χ0n) is 13.6. The van der Waals surface area contributed by atoms with Gasteiger partial charge in [-0.25, -0.2) is 0 Å². The SMILES string of the molecule is COc1ccc2[nH]cc(C(=O)C[NH+]3C[C@H](C)C[C@H](C)C3)c2c1. The van der Waals surface area contributed by atoms with Crippen molar-refractivity contribution in [2.24, 2.45) is 11.8 Å². The van der Waals surface area contributed by atoms with Crippen LogP contribution in [0.25, 0.3) is 10.9 Å². The normalized spacial score (nSPS) is 25.3. The monoisotopic (exact) mass is 301 g/mol. The molecule has 3 atom stereocenters. The van der Waals surface area contributed by atoms with Crippen LogP contribution in [0.15, 0.2) is 24.4 Å². The van der Waals surface area contributed by atoms with Gasteiger partial charge in [0, 0.05) is 34.5 Å². The second-order valence-electron chi connectivity index (χ2n) is 6.82. The average molecular weight is 301 g/mol. The van der Waals surface area contributed by atoms with E-state index in [0.717, 1.165) is 35.3 Å². The molecule has 0 aliphatic carbocycles. The molecule has 2 aromatic rings. The topological polar surface area (TPSA) is 46.5 Å². The predicted molar refractivity (Wildman–Crippen MR) is 87.7 cm³/mol. The lowest BCUT2D eigenvalue weighted by Crippen LogP contribution is -3.15. The van der Waals surface area contributed by atoms with E-state index in [9.17, 15) is 4.79 Å². The number of piperidine rings is 1. The summed E-state index contributed by atoms with van der Waals surface area (Å²) in [5, 5.41) is 0.960. The molecule has 1 aliphatic heterocycles. The molecule has 1 saturated heterocycles. The molecular formula is C18H25N2O2+. The van der Waals surface area contributed by atoms with Gasteiger partial charge in [-0.1, -0.05) is 13.8 Å². The van der Waals surface area contributed by atoms with Gasteiger partial charge >= 0.3 is 0 Å². The van der Waals surface area contributed by atoms with Crippen molar-refractivity contribution in [3.63, 3.8) is 0 Å². The minimum atomic E-state index is 0.218. The average Bonchev–Trinajstić information content (AvgIpc) is 2.88. The number of ether oxygens (including phenoxy) is 1. The Bertz CT molecular complexity index is 667. The van der Waals surface area contributed by atoms with E-state index in [2.05, 4.69) is 18.8 Å². The van der Waals surface area contributed by atoms with Crippen LogP contribution in [0.1, 0.15) is 30.6 Å². The lowest BCUT2D eigenvalue weighted by molar-refractivity contribution is -0.903. The third kappa shape index (κ3) is 3.02. The van der Waals surface area contributed by atoms with Gasteiger partial charge in [0.25, 0.3) is 0 Å². The molecule has 1 aliphatic rings. The second-order valence-corrected chi connectivity index (χ2v) is 6.82. The number of aromatic amines is 1. The molecule has 0 bridgehead atoms. The number of hydrogen-bond acceptors (Lipinski definition) is 2. The highest BCUT2D eigenvalue weighted by Gasteiger charge is 2.27. The molecular weight excluding hydrogens is 276 g/mol. The number of likely N-dealkylation sites (tertiary alicyclic amines) is 1. The maximum absolute atomic E-state index is 12.7. The van der Waals surface area contributed by atoms with Crippen molar-refractivity contribution in [2.75, 3.05) is 26.7 Å². The first-order valence-corrected chi connectivity index (χ1v) is 8.08. The Hall–Kier alpha value is -1.81. The van der Waals surface area contributed by atoms with Gasteiger partial charge in [-0.3, -0.25) is 4.79 Å². The maximum Gasteiger partial charge on any atom is 0.219 e. The van der Waals surface area contributed by atoms with Crippen molar-refractivity contribution in [2.45, 2.75) is 20.3 Å². The quantitative estimate of drug-likeness (QED) is 0.848. The van der Waals surface area contributed by atoms with E-state index in [4.69, 9.17) is 4.74 Å². The highest BCUT2D eigenvalue weighted by Crippen LogP contribution is 2.23. The largest absolute Gasteiger partial charge is 0.497 e. The number of aromatic nitrogens is 1. The van der Waals surface area contributed by atoms with Crippen LogP contribution in [0.3, 0.4) is 0 Å². The van der Waals surface area contributed by atoms with Crippen LogP contribution in [0.2, 0.25) is 0 Å². The number of ketones is 1. The second kappa shape index (κ2) is 6.13. The summed E-state index contributed by atoms with van der Waals surface area (Å²) in [6.07, 6.45) is 3.12. The standard InChI is InChI=1S/C18H24N2O2/c1-12-6-13(2)10-20(9-12)11-18(21)16-8-19-17-5-4-14(22-3)7-15(16)17/h4-5,7-8,12-13,19H,6,9-11H2,1-3H3/p+1/t12-,13+.